The van der Waals surface area contributed by atoms with E-state index in [-0.39, 0.29) is 29.1 Å². The first-order valence-electron chi connectivity index (χ1n) is 7.53. The van der Waals surface area contributed by atoms with Crippen LogP contribution in [0.5, 0.6) is 0 Å². The summed E-state index contributed by atoms with van der Waals surface area (Å²) in [5.41, 5.74) is 1.37. The first-order chi connectivity index (χ1) is 11.4. The number of ether oxygens (including phenoxy) is 1. The highest BCUT2D eigenvalue weighted by Gasteiger charge is 2.23. The quantitative estimate of drug-likeness (QED) is 0.335. The Morgan fingerprint density at radius 1 is 1.21 bits per heavy atom. The summed E-state index contributed by atoms with van der Waals surface area (Å²) < 4.78 is 5.21. The zero-order valence-corrected chi connectivity index (χ0v) is 15.5. The fourth-order valence-corrected chi connectivity index (χ4v) is 2.34. The summed E-state index contributed by atoms with van der Waals surface area (Å²) in [5, 5.41) is 0.281. The minimum atomic E-state index is -0.332. The highest BCUT2D eigenvalue weighted by Crippen LogP contribution is 2.25. The molecule has 0 saturated heterocycles. The van der Waals surface area contributed by atoms with Crippen molar-refractivity contribution in [1.29, 1.82) is 0 Å². The second-order valence-electron chi connectivity index (χ2n) is 6.24. The maximum absolute atomic E-state index is 11.8. The second kappa shape index (κ2) is 8.44. The predicted octanol–water partition coefficient (Wildman–Crippen LogP) is 3.83. The van der Waals surface area contributed by atoms with Crippen molar-refractivity contribution in [3.05, 3.63) is 36.7 Å². The number of hydrogen-bond donors (Lipinski definition) is 0. The van der Waals surface area contributed by atoms with Gasteiger partial charge in [0.15, 0.2) is 5.16 Å². The molecule has 0 N–H and O–H groups in total. The number of esters is 1. The average Bonchev–Trinajstić information content (AvgIpc) is 2.58. The Labute approximate surface area is 151 Å². The van der Waals surface area contributed by atoms with Crippen LogP contribution in [0.3, 0.4) is 0 Å². The van der Waals surface area contributed by atoms with Crippen molar-refractivity contribution in [3.8, 4) is 11.4 Å². The molecule has 2 heterocycles. The molecule has 7 heteroatoms. The zero-order chi connectivity index (χ0) is 17.6. The van der Waals surface area contributed by atoms with E-state index in [1.165, 1.54) is 11.8 Å². The SMILES string of the molecule is CC(C)(C)C(Cl)COC(=O)CSc1nccc(-c2ccccn2)n1. The minimum absolute atomic E-state index is 0.116. The van der Waals surface area contributed by atoms with Crippen molar-refractivity contribution in [2.45, 2.75) is 31.3 Å². The van der Waals surface area contributed by atoms with Gasteiger partial charge in [-0.15, -0.1) is 11.6 Å². The summed E-state index contributed by atoms with van der Waals surface area (Å²) in [4.78, 5) is 24.7. The first kappa shape index (κ1) is 18.7. The summed E-state index contributed by atoms with van der Waals surface area (Å²) in [6.45, 7) is 6.21. The summed E-state index contributed by atoms with van der Waals surface area (Å²) in [5.74, 6) is -0.193. The van der Waals surface area contributed by atoms with Gasteiger partial charge in [0.25, 0.3) is 0 Å². The number of thioether (sulfide) groups is 1. The average molecular weight is 366 g/mol. The van der Waals surface area contributed by atoms with E-state index in [0.29, 0.717) is 5.16 Å². The lowest BCUT2D eigenvalue weighted by Crippen LogP contribution is -2.27. The molecule has 0 amide bonds. The molecule has 0 aliphatic carbocycles. The molecular formula is C17H20ClN3O2S. The van der Waals surface area contributed by atoms with Crippen LogP contribution >= 0.6 is 23.4 Å². The summed E-state index contributed by atoms with van der Waals surface area (Å²) in [6, 6.07) is 7.40. The largest absolute Gasteiger partial charge is 0.463 e. The highest BCUT2D eigenvalue weighted by atomic mass is 35.5. The Balaban J connectivity index is 1.87. The molecule has 0 saturated carbocycles. The molecular weight excluding hydrogens is 346 g/mol. The standard InChI is InChI=1S/C17H20ClN3O2S/c1-17(2,3)14(18)10-23-15(22)11-24-16-20-9-7-13(21-16)12-6-4-5-8-19-12/h4-9,14H,10-11H2,1-3H3. The van der Waals surface area contributed by atoms with Gasteiger partial charge >= 0.3 is 5.97 Å². The lowest BCUT2D eigenvalue weighted by atomic mass is 9.92. The number of pyridine rings is 1. The van der Waals surface area contributed by atoms with E-state index < -0.39 is 0 Å². The van der Waals surface area contributed by atoms with Gasteiger partial charge < -0.3 is 4.74 Å². The van der Waals surface area contributed by atoms with Crippen molar-refractivity contribution in [2.24, 2.45) is 5.41 Å². The summed E-state index contributed by atoms with van der Waals surface area (Å²) in [7, 11) is 0. The molecule has 0 radical (unpaired) electrons. The van der Waals surface area contributed by atoms with Crippen molar-refractivity contribution in [3.63, 3.8) is 0 Å². The normalized spacial score (nSPS) is 12.7. The Morgan fingerprint density at radius 2 is 2.00 bits per heavy atom. The molecule has 0 fully saturated rings. The van der Waals surface area contributed by atoms with Gasteiger partial charge in [0.2, 0.25) is 0 Å². The minimum Gasteiger partial charge on any atom is -0.463 e. The van der Waals surface area contributed by atoms with Crippen LogP contribution in [0.25, 0.3) is 11.4 Å². The number of hydrogen-bond acceptors (Lipinski definition) is 6. The van der Waals surface area contributed by atoms with Crippen molar-refractivity contribution >= 4 is 29.3 Å². The van der Waals surface area contributed by atoms with Crippen LogP contribution in [0.4, 0.5) is 0 Å². The fraction of sp³-hybridized carbons (Fsp3) is 0.412. The molecule has 2 aromatic rings. The molecule has 2 rings (SSSR count). The number of aromatic nitrogens is 3. The molecule has 0 aliphatic heterocycles. The molecule has 0 aromatic carbocycles. The molecule has 1 atom stereocenters. The third-order valence-electron chi connectivity index (χ3n) is 3.21. The van der Waals surface area contributed by atoms with Gasteiger partial charge in [0, 0.05) is 12.4 Å². The highest BCUT2D eigenvalue weighted by molar-refractivity contribution is 7.99. The number of halogens is 1. The Bertz CT molecular complexity index is 677. The third kappa shape index (κ3) is 5.76. The number of carbonyl (C=O) groups is 1. The van der Waals surface area contributed by atoms with Gasteiger partial charge in [-0.3, -0.25) is 9.78 Å². The first-order valence-corrected chi connectivity index (χ1v) is 8.95. The monoisotopic (exact) mass is 365 g/mol. The smallest absolute Gasteiger partial charge is 0.316 e. The van der Waals surface area contributed by atoms with Crippen LogP contribution < -0.4 is 0 Å². The van der Waals surface area contributed by atoms with E-state index in [9.17, 15) is 4.79 Å². The van der Waals surface area contributed by atoms with Crippen molar-refractivity contribution in [2.75, 3.05) is 12.4 Å². The summed E-state index contributed by atoms with van der Waals surface area (Å²) >= 11 is 7.42. The number of rotatable bonds is 6. The summed E-state index contributed by atoms with van der Waals surface area (Å²) in [6.07, 6.45) is 3.36. The van der Waals surface area contributed by atoms with E-state index in [0.717, 1.165) is 11.4 Å². The van der Waals surface area contributed by atoms with Crippen LogP contribution in [0.15, 0.2) is 41.8 Å². The Hall–Kier alpha value is -1.66. The van der Waals surface area contributed by atoms with Gasteiger partial charge in [-0.1, -0.05) is 38.6 Å². The van der Waals surface area contributed by atoms with Crippen LogP contribution in [0.2, 0.25) is 0 Å². The van der Waals surface area contributed by atoms with E-state index >= 15 is 0 Å². The molecule has 0 bridgehead atoms. The van der Waals surface area contributed by atoms with Gasteiger partial charge in [-0.25, -0.2) is 9.97 Å². The van der Waals surface area contributed by atoms with Crippen LogP contribution in [0.1, 0.15) is 20.8 Å². The number of nitrogens with zero attached hydrogens (tertiary/aromatic N) is 3. The molecule has 0 aliphatic rings. The second-order valence-corrected chi connectivity index (χ2v) is 7.71. The maximum atomic E-state index is 11.8. The van der Waals surface area contributed by atoms with E-state index in [1.807, 2.05) is 39.0 Å². The topological polar surface area (TPSA) is 65.0 Å². The maximum Gasteiger partial charge on any atom is 0.316 e. The van der Waals surface area contributed by atoms with Gasteiger partial charge in [0.1, 0.15) is 6.61 Å². The fourth-order valence-electron chi connectivity index (χ4n) is 1.65. The zero-order valence-electron chi connectivity index (χ0n) is 13.9. The van der Waals surface area contributed by atoms with Crippen molar-refractivity contribution < 1.29 is 9.53 Å². The Morgan fingerprint density at radius 3 is 2.67 bits per heavy atom. The van der Waals surface area contributed by atoms with Gasteiger partial charge in [-0.05, 0) is 23.6 Å². The molecule has 1 unspecified atom stereocenters. The number of alkyl halides is 1. The molecule has 0 spiro atoms. The van der Waals surface area contributed by atoms with Gasteiger partial charge in [-0.2, -0.15) is 0 Å². The van der Waals surface area contributed by atoms with E-state index in [2.05, 4.69) is 15.0 Å². The van der Waals surface area contributed by atoms with E-state index in [1.54, 1.807) is 18.5 Å². The van der Waals surface area contributed by atoms with Crippen LogP contribution in [-0.2, 0) is 9.53 Å². The van der Waals surface area contributed by atoms with E-state index in [4.69, 9.17) is 16.3 Å². The molecule has 2 aromatic heterocycles. The van der Waals surface area contributed by atoms with Crippen LogP contribution in [-0.4, -0.2) is 38.7 Å². The van der Waals surface area contributed by atoms with Crippen molar-refractivity contribution in [1.82, 2.24) is 15.0 Å². The Kier molecular flexibility index (Phi) is 6.57. The third-order valence-corrected chi connectivity index (χ3v) is 4.83. The molecule has 128 valence electrons. The molecule has 5 nitrogen and oxygen atoms in total. The van der Waals surface area contributed by atoms with Crippen LogP contribution in [0, 0.1) is 5.41 Å². The molecule has 24 heavy (non-hydrogen) atoms. The lowest BCUT2D eigenvalue weighted by Gasteiger charge is -2.24. The number of carbonyl (C=O) groups excluding carboxylic acids is 1. The lowest BCUT2D eigenvalue weighted by molar-refractivity contribution is -0.140. The predicted molar refractivity (Wildman–Crippen MR) is 96.0 cm³/mol. The van der Waals surface area contributed by atoms with Gasteiger partial charge in [0.05, 0.1) is 22.5 Å².